The Morgan fingerprint density at radius 3 is 2.32 bits per heavy atom. The Morgan fingerprint density at radius 1 is 1.12 bits per heavy atom. The first kappa shape index (κ1) is 20.0. The molecule has 0 bridgehead atoms. The van der Waals surface area contributed by atoms with Crippen LogP contribution in [0.25, 0.3) is 0 Å². The quantitative estimate of drug-likeness (QED) is 0.784. The maximum atomic E-state index is 12.4. The van der Waals surface area contributed by atoms with Crippen molar-refractivity contribution in [2.75, 3.05) is 13.7 Å². The van der Waals surface area contributed by atoms with Crippen molar-refractivity contribution >= 4 is 12.1 Å². The van der Waals surface area contributed by atoms with Crippen LogP contribution in [0.2, 0.25) is 0 Å². The zero-order chi connectivity index (χ0) is 18.6. The summed E-state index contributed by atoms with van der Waals surface area (Å²) < 4.78 is 10.3. The van der Waals surface area contributed by atoms with Gasteiger partial charge in [-0.3, -0.25) is 4.79 Å². The Hall–Kier alpha value is -1.30. The topological polar surface area (TPSA) is 76.1 Å². The summed E-state index contributed by atoms with van der Waals surface area (Å²) in [6, 6.07) is 0.0446. The molecule has 1 N–H and O–H groups in total. The van der Waals surface area contributed by atoms with E-state index in [2.05, 4.69) is 0 Å². The van der Waals surface area contributed by atoms with Gasteiger partial charge >= 0.3 is 12.1 Å². The molecule has 6 heteroatoms. The molecule has 0 aromatic heterocycles. The van der Waals surface area contributed by atoms with Gasteiger partial charge in [0.05, 0.1) is 25.7 Å². The third kappa shape index (κ3) is 5.87. The number of carbonyl (C=O) groups is 2. The van der Waals surface area contributed by atoms with Crippen molar-refractivity contribution in [3.63, 3.8) is 0 Å². The van der Waals surface area contributed by atoms with Crippen LogP contribution in [-0.2, 0) is 14.3 Å². The molecule has 0 unspecified atom stereocenters. The van der Waals surface area contributed by atoms with Crippen LogP contribution in [0.5, 0.6) is 0 Å². The summed E-state index contributed by atoms with van der Waals surface area (Å²) in [6.07, 6.45) is 5.56. The Labute approximate surface area is 150 Å². The van der Waals surface area contributed by atoms with E-state index in [0.29, 0.717) is 18.9 Å². The van der Waals surface area contributed by atoms with Gasteiger partial charge in [-0.2, -0.15) is 0 Å². The summed E-state index contributed by atoms with van der Waals surface area (Å²) in [5.74, 6) is 0.542. The SMILES string of the molecule is COC(=O)C1CCC(CC[C@@H]2C[C@@H](O)CN2C(=O)OC(C)(C)C)CC1. The monoisotopic (exact) mass is 355 g/mol. The molecule has 1 saturated heterocycles. The van der Waals surface area contributed by atoms with E-state index in [-0.39, 0.29) is 24.0 Å². The number of likely N-dealkylation sites (tertiary alicyclic amines) is 1. The molecule has 0 aromatic carbocycles. The van der Waals surface area contributed by atoms with Crippen molar-refractivity contribution in [1.29, 1.82) is 0 Å². The molecule has 1 amide bonds. The summed E-state index contributed by atoms with van der Waals surface area (Å²) in [5, 5.41) is 9.98. The highest BCUT2D eigenvalue weighted by atomic mass is 16.6. The van der Waals surface area contributed by atoms with Crippen LogP contribution in [0.4, 0.5) is 4.79 Å². The van der Waals surface area contributed by atoms with Crippen LogP contribution < -0.4 is 0 Å². The third-order valence-electron chi connectivity index (χ3n) is 5.31. The fourth-order valence-corrected chi connectivity index (χ4v) is 3.99. The van der Waals surface area contributed by atoms with Crippen LogP contribution >= 0.6 is 0 Å². The van der Waals surface area contributed by atoms with Gasteiger partial charge in [-0.15, -0.1) is 0 Å². The lowest BCUT2D eigenvalue weighted by molar-refractivity contribution is -0.146. The van der Waals surface area contributed by atoms with Gasteiger partial charge in [-0.05, 0) is 71.6 Å². The zero-order valence-electron chi connectivity index (χ0n) is 16.0. The molecule has 1 aliphatic heterocycles. The lowest BCUT2D eigenvalue weighted by atomic mass is 9.79. The second kappa shape index (κ2) is 8.39. The van der Waals surface area contributed by atoms with Crippen LogP contribution in [0.3, 0.4) is 0 Å². The minimum Gasteiger partial charge on any atom is -0.469 e. The van der Waals surface area contributed by atoms with E-state index in [1.807, 2.05) is 20.8 Å². The van der Waals surface area contributed by atoms with Crippen LogP contribution in [-0.4, -0.2) is 53.5 Å². The first-order chi connectivity index (χ1) is 11.7. The number of rotatable bonds is 4. The van der Waals surface area contributed by atoms with Gasteiger partial charge < -0.3 is 19.5 Å². The molecule has 144 valence electrons. The second-order valence-corrected chi connectivity index (χ2v) is 8.49. The standard InChI is InChI=1S/C19H33NO5/c1-19(2,3)25-18(23)20-12-16(21)11-15(20)10-7-13-5-8-14(9-6-13)17(22)24-4/h13-16,21H,5-12H2,1-4H3/t13?,14?,15-,16-/m1/s1. The van der Waals surface area contributed by atoms with Gasteiger partial charge in [0.2, 0.25) is 0 Å². The number of esters is 1. The van der Waals surface area contributed by atoms with Gasteiger partial charge in [0, 0.05) is 6.04 Å². The Bertz CT molecular complexity index is 465. The average Bonchev–Trinajstić information content (AvgIpc) is 2.92. The second-order valence-electron chi connectivity index (χ2n) is 8.49. The normalized spacial score (nSPS) is 30.2. The lowest BCUT2D eigenvalue weighted by Gasteiger charge is -2.31. The molecular weight excluding hydrogens is 322 g/mol. The molecule has 2 atom stereocenters. The zero-order valence-corrected chi connectivity index (χ0v) is 16.0. The highest BCUT2D eigenvalue weighted by molar-refractivity contribution is 5.72. The van der Waals surface area contributed by atoms with Crippen LogP contribution in [0, 0.1) is 11.8 Å². The molecule has 2 fully saturated rings. The largest absolute Gasteiger partial charge is 0.469 e. The minimum absolute atomic E-state index is 0.0446. The number of methoxy groups -OCH3 is 1. The van der Waals surface area contributed by atoms with E-state index in [9.17, 15) is 14.7 Å². The van der Waals surface area contributed by atoms with Gasteiger partial charge in [-0.1, -0.05) is 0 Å². The van der Waals surface area contributed by atoms with Crippen molar-refractivity contribution in [3.05, 3.63) is 0 Å². The molecule has 0 spiro atoms. The molecule has 1 saturated carbocycles. The van der Waals surface area contributed by atoms with E-state index >= 15 is 0 Å². The van der Waals surface area contributed by atoms with Gasteiger partial charge in [0.1, 0.15) is 5.60 Å². The number of β-amino-alcohol motifs (C(OH)–C–C–N with tert-alkyl or cyclic N) is 1. The maximum absolute atomic E-state index is 12.4. The highest BCUT2D eigenvalue weighted by Crippen LogP contribution is 2.34. The maximum Gasteiger partial charge on any atom is 0.410 e. The van der Waals surface area contributed by atoms with E-state index in [1.165, 1.54) is 7.11 Å². The molecule has 0 aromatic rings. The number of amides is 1. The van der Waals surface area contributed by atoms with E-state index in [0.717, 1.165) is 38.5 Å². The number of carbonyl (C=O) groups excluding carboxylic acids is 2. The molecule has 2 aliphatic rings. The Morgan fingerprint density at radius 2 is 1.76 bits per heavy atom. The molecular formula is C19H33NO5. The Balaban J connectivity index is 1.81. The number of aliphatic hydroxyl groups excluding tert-OH is 1. The van der Waals surface area contributed by atoms with E-state index in [4.69, 9.17) is 9.47 Å². The summed E-state index contributed by atoms with van der Waals surface area (Å²) in [6.45, 7) is 5.92. The number of hydrogen-bond acceptors (Lipinski definition) is 5. The predicted octanol–water partition coefficient (Wildman–Crippen LogP) is 3.12. The number of hydrogen-bond donors (Lipinski definition) is 1. The lowest BCUT2D eigenvalue weighted by Crippen LogP contribution is -2.40. The van der Waals surface area contributed by atoms with Crippen molar-refractivity contribution in [3.8, 4) is 0 Å². The summed E-state index contributed by atoms with van der Waals surface area (Å²) >= 11 is 0. The molecule has 2 rings (SSSR count). The summed E-state index contributed by atoms with van der Waals surface area (Å²) in [7, 11) is 1.45. The average molecular weight is 355 g/mol. The Kier molecular flexibility index (Phi) is 6.72. The van der Waals surface area contributed by atoms with Crippen molar-refractivity contribution in [1.82, 2.24) is 4.90 Å². The molecule has 1 heterocycles. The molecule has 1 aliphatic carbocycles. The van der Waals surface area contributed by atoms with Crippen LogP contribution in [0.1, 0.15) is 65.7 Å². The third-order valence-corrected chi connectivity index (χ3v) is 5.31. The molecule has 6 nitrogen and oxygen atoms in total. The smallest absolute Gasteiger partial charge is 0.410 e. The first-order valence-corrected chi connectivity index (χ1v) is 9.45. The van der Waals surface area contributed by atoms with Gasteiger partial charge in [0.15, 0.2) is 0 Å². The highest BCUT2D eigenvalue weighted by Gasteiger charge is 2.37. The number of ether oxygens (including phenoxy) is 2. The molecule has 25 heavy (non-hydrogen) atoms. The van der Waals surface area contributed by atoms with Crippen LogP contribution in [0.15, 0.2) is 0 Å². The number of nitrogens with zero attached hydrogens (tertiary/aromatic N) is 1. The van der Waals surface area contributed by atoms with Crippen molar-refractivity contribution in [2.45, 2.75) is 83.5 Å². The number of aliphatic hydroxyl groups is 1. The minimum atomic E-state index is -0.526. The van der Waals surface area contributed by atoms with E-state index < -0.39 is 11.7 Å². The van der Waals surface area contributed by atoms with Crippen molar-refractivity contribution < 1.29 is 24.2 Å². The first-order valence-electron chi connectivity index (χ1n) is 9.45. The fraction of sp³-hybridized carbons (Fsp3) is 0.895. The summed E-state index contributed by atoms with van der Waals surface area (Å²) in [4.78, 5) is 25.7. The van der Waals surface area contributed by atoms with E-state index in [1.54, 1.807) is 4.90 Å². The fourth-order valence-electron chi connectivity index (χ4n) is 3.99. The van der Waals surface area contributed by atoms with Gasteiger partial charge in [0.25, 0.3) is 0 Å². The predicted molar refractivity (Wildman–Crippen MR) is 94.0 cm³/mol. The summed E-state index contributed by atoms with van der Waals surface area (Å²) in [5.41, 5.74) is -0.526. The van der Waals surface area contributed by atoms with Gasteiger partial charge in [-0.25, -0.2) is 4.79 Å². The van der Waals surface area contributed by atoms with Crippen molar-refractivity contribution in [2.24, 2.45) is 11.8 Å². The molecule has 0 radical (unpaired) electrons.